The van der Waals surface area contributed by atoms with Crippen LogP contribution in [0.4, 0.5) is 22.0 Å². The number of nitrogens with zero attached hydrogens (tertiary/aromatic N) is 1. The summed E-state index contributed by atoms with van der Waals surface area (Å²) in [4.78, 5) is 15.3. The van der Waals surface area contributed by atoms with Crippen LogP contribution in [0, 0.1) is 17.5 Å². The normalized spacial score (nSPS) is 12.3. The van der Waals surface area contributed by atoms with Gasteiger partial charge in [-0.15, -0.1) is 0 Å². The van der Waals surface area contributed by atoms with Gasteiger partial charge in [0, 0.05) is 11.8 Å². The number of carbonyl (C=O) groups excluding carboxylic acids is 1. The Morgan fingerprint density at radius 2 is 1.79 bits per heavy atom. The summed E-state index contributed by atoms with van der Waals surface area (Å²) in [6, 6.07) is 2.90. The Labute approximate surface area is 161 Å². The molecule has 0 saturated carbocycles. The molecule has 0 bridgehead atoms. The maximum Gasteiger partial charge on any atom is 0.271 e. The molecule has 1 unspecified atom stereocenters. The Bertz CT molecular complexity index is 1040. The summed E-state index contributed by atoms with van der Waals surface area (Å²) in [6.45, 7) is -0.708. The number of benzene rings is 1. The lowest BCUT2D eigenvalue weighted by Crippen LogP contribution is -2.25. The van der Waals surface area contributed by atoms with Crippen LogP contribution in [0.25, 0.3) is 0 Å². The topological polar surface area (TPSA) is 96.4 Å². The van der Waals surface area contributed by atoms with Gasteiger partial charge in [-0.2, -0.15) is 8.78 Å². The standard InChI is InChI=1S/C17H13F5N2O4S/c18-10-2-3-11(19)15(22)14(10)16(29(27,28)6-5-13(20)21)9-1-4-12(23-7-9)17(26)24-8-25/h1-5,7,16,25H,6,8H2,(H,24,26). The van der Waals surface area contributed by atoms with Gasteiger partial charge in [0.05, 0.1) is 5.75 Å². The first-order chi connectivity index (χ1) is 13.6. The largest absolute Gasteiger partial charge is 0.376 e. The third kappa shape index (κ3) is 5.15. The van der Waals surface area contributed by atoms with Gasteiger partial charge in [0.25, 0.3) is 12.0 Å². The first-order valence-corrected chi connectivity index (χ1v) is 9.51. The summed E-state index contributed by atoms with van der Waals surface area (Å²) in [5, 5.41) is 8.46. The highest BCUT2D eigenvalue weighted by Gasteiger charge is 2.35. The SMILES string of the molecule is O=C(NCO)c1ccc(C(c2c(F)ccc(F)c2F)S(=O)(=O)CC=C(F)F)cn1. The van der Waals surface area contributed by atoms with Crippen LogP contribution in [0.5, 0.6) is 0 Å². The molecule has 0 aliphatic heterocycles. The van der Waals surface area contributed by atoms with Crippen LogP contribution < -0.4 is 5.32 Å². The molecule has 1 aromatic carbocycles. The fourth-order valence-electron chi connectivity index (χ4n) is 2.47. The number of sulfone groups is 1. The van der Waals surface area contributed by atoms with Crippen molar-refractivity contribution in [3.63, 3.8) is 0 Å². The quantitative estimate of drug-likeness (QED) is 0.395. The highest BCUT2D eigenvalue weighted by atomic mass is 32.2. The number of hydrogen-bond donors (Lipinski definition) is 2. The first-order valence-electron chi connectivity index (χ1n) is 7.79. The zero-order chi connectivity index (χ0) is 21.8. The first kappa shape index (κ1) is 22.4. The maximum atomic E-state index is 14.3. The number of halogens is 5. The average molecular weight is 436 g/mol. The molecule has 156 valence electrons. The van der Waals surface area contributed by atoms with E-state index < -0.39 is 62.6 Å². The fourth-order valence-corrected chi connectivity index (χ4v) is 4.15. The summed E-state index contributed by atoms with van der Waals surface area (Å²) >= 11 is 0. The Hall–Kier alpha value is -2.86. The summed E-state index contributed by atoms with van der Waals surface area (Å²) in [5.41, 5.74) is -1.86. The molecule has 1 atom stereocenters. The van der Waals surface area contributed by atoms with Crippen LogP contribution >= 0.6 is 0 Å². The van der Waals surface area contributed by atoms with E-state index in [1.54, 1.807) is 0 Å². The van der Waals surface area contributed by atoms with Gasteiger partial charge < -0.3 is 10.4 Å². The number of aromatic nitrogens is 1. The van der Waals surface area contributed by atoms with E-state index in [-0.39, 0.29) is 17.3 Å². The molecule has 1 amide bonds. The second-order valence-corrected chi connectivity index (χ2v) is 7.73. The molecule has 0 saturated heterocycles. The number of nitrogens with one attached hydrogen (secondary N) is 1. The van der Waals surface area contributed by atoms with Crippen molar-refractivity contribution in [2.75, 3.05) is 12.5 Å². The molecule has 0 fully saturated rings. The highest BCUT2D eigenvalue weighted by molar-refractivity contribution is 7.92. The van der Waals surface area contributed by atoms with Crippen LogP contribution in [0.3, 0.4) is 0 Å². The predicted octanol–water partition coefficient (Wildman–Crippen LogP) is 2.46. The van der Waals surface area contributed by atoms with Crippen LogP contribution in [0.2, 0.25) is 0 Å². The highest BCUT2D eigenvalue weighted by Crippen LogP contribution is 2.35. The number of pyridine rings is 1. The van der Waals surface area contributed by atoms with Gasteiger partial charge in [-0.05, 0) is 29.8 Å². The van der Waals surface area contributed by atoms with Gasteiger partial charge in [-0.1, -0.05) is 6.07 Å². The monoisotopic (exact) mass is 436 g/mol. The molecule has 1 aromatic heterocycles. The van der Waals surface area contributed by atoms with Crippen LogP contribution in [-0.4, -0.2) is 36.9 Å². The Morgan fingerprint density at radius 3 is 2.34 bits per heavy atom. The second-order valence-electron chi connectivity index (χ2n) is 5.60. The molecule has 2 N–H and O–H groups in total. The molecule has 29 heavy (non-hydrogen) atoms. The lowest BCUT2D eigenvalue weighted by Gasteiger charge is -2.19. The maximum absolute atomic E-state index is 14.3. The van der Waals surface area contributed by atoms with Gasteiger partial charge in [0.15, 0.2) is 21.5 Å². The number of aliphatic hydroxyl groups is 1. The molecule has 0 aliphatic carbocycles. The smallest absolute Gasteiger partial charge is 0.271 e. The number of amides is 1. The van der Waals surface area contributed by atoms with E-state index in [2.05, 4.69) is 4.98 Å². The van der Waals surface area contributed by atoms with Crippen molar-refractivity contribution in [2.24, 2.45) is 0 Å². The van der Waals surface area contributed by atoms with Gasteiger partial charge in [0.1, 0.15) is 23.5 Å². The van der Waals surface area contributed by atoms with Gasteiger partial charge >= 0.3 is 0 Å². The summed E-state index contributed by atoms with van der Waals surface area (Å²) < 4.78 is 92.1. The minimum Gasteiger partial charge on any atom is -0.376 e. The van der Waals surface area contributed by atoms with Crippen molar-refractivity contribution >= 4 is 15.7 Å². The summed E-state index contributed by atoms with van der Waals surface area (Å²) in [6.07, 6.45) is -1.51. The molecular weight excluding hydrogens is 423 g/mol. The molecule has 0 aliphatic rings. The lowest BCUT2D eigenvalue weighted by molar-refractivity contribution is 0.0905. The van der Waals surface area contributed by atoms with Crippen LogP contribution in [0.15, 0.2) is 42.6 Å². The van der Waals surface area contributed by atoms with Crippen molar-refractivity contribution in [1.82, 2.24) is 10.3 Å². The van der Waals surface area contributed by atoms with Crippen molar-refractivity contribution < 1.29 is 40.3 Å². The van der Waals surface area contributed by atoms with E-state index >= 15 is 0 Å². The number of hydrogen-bond acceptors (Lipinski definition) is 5. The minimum atomic E-state index is -4.71. The second kappa shape index (κ2) is 9.09. The molecule has 0 radical (unpaired) electrons. The van der Waals surface area contributed by atoms with E-state index in [1.807, 2.05) is 5.32 Å². The summed E-state index contributed by atoms with van der Waals surface area (Å²) in [7, 11) is -4.71. The van der Waals surface area contributed by atoms with Gasteiger partial charge in [-0.3, -0.25) is 9.78 Å². The molecule has 12 heteroatoms. The number of aliphatic hydroxyl groups excluding tert-OH is 1. The van der Waals surface area contributed by atoms with Crippen molar-refractivity contribution in [1.29, 1.82) is 0 Å². The molecular formula is C17H13F5N2O4S. The van der Waals surface area contributed by atoms with E-state index in [9.17, 15) is 35.2 Å². The van der Waals surface area contributed by atoms with Crippen molar-refractivity contribution in [2.45, 2.75) is 5.25 Å². The molecule has 0 spiro atoms. The Kier molecular flexibility index (Phi) is 7.03. The van der Waals surface area contributed by atoms with E-state index in [1.165, 1.54) is 0 Å². The zero-order valence-electron chi connectivity index (χ0n) is 14.4. The number of rotatable bonds is 7. The van der Waals surface area contributed by atoms with Gasteiger partial charge in [-0.25, -0.2) is 21.6 Å². The Morgan fingerprint density at radius 1 is 1.14 bits per heavy atom. The lowest BCUT2D eigenvalue weighted by atomic mass is 10.0. The average Bonchev–Trinajstić information content (AvgIpc) is 2.67. The van der Waals surface area contributed by atoms with E-state index in [4.69, 9.17) is 5.11 Å². The van der Waals surface area contributed by atoms with Crippen LogP contribution in [0.1, 0.15) is 26.9 Å². The van der Waals surface area contributed by atoms with Gasteiger partial charge in [0.2, 0.25) is 0 Å². The Balaban J connectivity index is 2.65. The summed E-state index contributed by atoms with van der Waals surface area (Å²) in [5.74, 6) is -6.87. The molecule has 6 nitrogen and oxygen atoms in total. The third-order valence-corrected chi connectivity index (χ3v) is 5.59. The van der Waals surface area contributed by atoms with E-state index in [0.29, 0.717) is 12.1 Å². The minimum absolute atomic E-state index is 0.0356. The molecule has 1 heterocycles. The van der Waals surface area contributed by atoms with Crippen molar-refractivity contribution in [3.05, 3.63) is 76.9 Å². The molecule has 2 aromatic rings. The van der Waals surface area contributed by atoms with Crippen molar-refractivity contribution in [3.8, 4) is 0 Å². The van der Waals surface area contributed by atoms with E-state index in [0.717, 1.165) is 18.3 Å². The fraction of sp³-hybridized carbons (Fsp3) is 0.176. The van der Waals surface area contributed by atoms with Crippen LogP contribution in [-0.2, 0) is 9.84 Å². The predicted molar refractivity (Wildman–Crippen MR) is 91.0 cm³/mol. The number of carbonyl (C=O) groups is 1. The zero-order valence-corrected chi connectivity index (χ0v) is 15.2. The third-order valence-electron chi connectivity index (χ3n) is 3.73. The molecule has 2 rings (SSSR count).